The Morgan fingerprint density at radius 1 is 1.00 bits per heavy atom. The molecule has 4 nitrogen and oxygen atoms in total. The first-order chi connectivity index (χ1) is 13.8. The molecule has 152 valence electrons. The van der Waals surface area contributed by atoms with Gasteiger partial charge in [-0.25, -0.2) is 13.4 Å². The van der Waals surface area contributed by atoms with Gasteiger partial charge in [-0.05, 0) is 49.2 Å². The number of nitrogens with zero attached hydrogens (tertiary/aromatic N) is 2. The Morgan fingerprint density at radius 3 is 2.41 bits per heavy atom. The predicted molar refractivity (Wildman–Crippen MR) is 121 cm³/mol. The van der Waals surface area contributed by atoms with E-state index in [-0.39, 0.29) is 4.90 Å². The van der Waals surface area contributed by atoms with Crippen LogP contribution in [0.5, 0.6) is 0 Å². The lowest BCUT2D eigenvalue weighted by molar-refractivity contribution is 0.529. The van der Waals surface area contributed by atoms with Gasteiger partial charge in [0.2, 0.25) is 0 Å². The van der Waals surface area contributed by atoms with Crippen molar-refractivity contribution >= 4 is 61.1 Å². The van der Waals surface area contributed by atoms with Crippen LogP contribution in [0.3, 0.4) is 0 Å². The van der Waals surface area contributed by atoms with E-state index in [1.54, 1.807) is 30.3 Å². The molecule has 0 bridgehead atoms. The molecule has 0 spiro atoms. The molecule has 0 saturated carbocycles. The summed E-state index contributed by atoms with van der Waals surface area (Å²) >= 11 is 19.8. The van der Waals surface area contributed by atoms with Crippen molar-refractivity contribution in [3.63, 3.8) is 0 Å². The van der Waals surface area contributed by atoms with Crippen molar-refractivity contribution < 1.29 is 8.42 Å². The molecule has 0 atom stereocenters. The first-order valence-corrected chi connectivity index (χ1v) is 12.6. The first-order valence-electron chi connectivity index (χ1n) is 9.00. The van der Waals surface area contributed by atoms with E-state index in [4.69, 9.17) is 39.8 Å². The molecule has 1 fully saturated rings. The number of hydrogen-bond acceptors (Lipinski definition) is 5. The second kappa shape index (κ2) is 8.44. The van der Waals surface area contributed by atoms with Crippen LogP contribution in [-0.2, 0) is 9.84 Å². The number of rotatable bonds is 4. The van der Waals surface area contributed by atoms with E-state index in [2.05, 4.69) is 4.90 Å². The van der Waals surface area contributed by atoms with Gasteiger partial charge < -0.3 is 4.90 Å². The van der Waals surface area contributed by atoms with Gasteiger partial charge in [-0.15, -0.1) is 11.3 Å². The van der Waals surface area contributed by atoms with Crippen molar-refractivity contribution in [2.45, 2.75) is 23.0 Å². The minimum absolute atomic E-state index is 0.289. The Hall–Kier alpha value is -1.31. The summed E-state index contributed by atoms with van der Waals surface area (Å²) in [5, 5.41) is 3.98. The third kappa shape index (κ3) is 4.42. The van der Waals surface area contributed by atoms with Crippen molar-refractivity contribution in [1.29, 1.82) is 0 Å². The molecule has 1 aliphatic heterocycles. The van der Waals surface area contributed by atoms with Crippen molar-refractivity contribution in [3.8, 4) is 11.3 Å². The topological polar surface area (TPSA) is 50.3 Å². The summed E-state index contributed by atoms with van der Waals surface area (Å²) in [5.74, 6) is 0. The summed E-state index contributed by atoms with van der Waals surface area (Å²) in [6.07, 6.45) is 1.09. The van der Waals surface area contributed by atoms with E-state index < -0.39 is 15.1 Å². The second-order valence-electron chi connectivity index (χ2n) is 6.83. The standard InChI is InChI=1S/C20H17Cl3N2O2S2/c21-13-2-1-3-16(10-13)29(26,27)15-6-8-25(9-7-15)20-24-19(12-28-20)17-5-4-14(22)11-18(17)23/h1-5,10-12,15H,6-9H2. The van der Waals surface area contributed by atoms with Crippen LogP contribution in [0.4, 0.5) is 5.13 Å². The quantitative estimate of drug-likeness (QED) is 0.439. The van der Waals surface area contributed by atoms with Gasteiger partial charge >= 0.3 is 0 Å². The number of sulfone groups is 1. The Morgan fingerprint density at radius 2 is 1.72 bits per heavy atom. The van der Waals surface area contributed by atoms with E-state index in [0.717, 1.165) is 16.4 Å². The fraction of sp³-hybridized carbons (Fsp3) is 0.250. The molecule has 0 unspecified atom stereocenters. The van der Waals surface area contributed by atoms with E-state index in [9.17, 15) is 8.42 Å². The maximum absolute atomic E-state index is 12.9. The number of thiazole rings is 1. The maximum atomic E-state index is 12.9. The van der Waals surface area contributed by atoms with Crippen LogP contribution in [0, 0.1) is 0 Å². The Balaban J connectivity index is 1.47. The molecule has 0 aliphatic carbocycles. The fourth-order valence-electron chi connectivity index (χ4n) is 3.42. The van der Waals surface area contributed by atoms with Gasteiger partial charge in [0.25, 0.3) is 0 Å². The summed E-state index contributed by atoms with van der Waals surface area (Å²) in [6, 6.07) is 11.8. The van der Waals surface area contributed by atoms with E-state index in [1.165, 1.54) is 17.4 Å². The average Bonchev–Trinajstić information content (AvgIpc) is 3.18. The first kappa shape index (κ1) is 20.9. The predicted octanol–water partition coefficient (Wildman–Crippen LogP) is 6.21. The summed E-state index contributed by atoms with van der Waals surface area (Å²) in [6.45, 7) is 1.26. The summed E-state index contributed by atoms with van der Waals surface area (Å²) in [5.41, 5.74) is 1.62. The minimum Gasteiger partial charge on any atom is -0.348 e. The third-order valence-electron chi connectivity index (χ3n) is 4.98. The number of anilines is 1. The monoisotopic (exact) mass is 486 g/mol. The lowest BCUT2D eigenvalue weighted by Crippen LogP contribution is -2.39. The molecule has 4 rings (SSSR count). The molecule has 2 heterocycles. The summed E-state index contributed by atoms with van der Waals surface area (Å²) < 4.78 is 25.8. The van der Waals surface area contributed by atoms with Gasteiger partial charge in [-0.3, -0.25) is 0 Å². The van der Waals surface area contributed by atoms with Gasteiger partial charge in [0.15, 0.2) is 15.0 Å². The zero-order valence-electron chi connectivity index (χ0n) is 15.2. The number of piperidine rings is 1. The summed E-state index contributed by atoms with van der Waals surface area (Å²) in [7, 11) is -3.40. The zero-order valence-corrected chi connectivity index (χ0v) is 19.1. The average molecular weight is 488 g/mol. The van der Waals surface area contributed by atoms with Crippen LogP contribution in [0.1, 0.15) is 12.8 Å². The fourth-order valence-corrected chi connectivity index (χ4v) is 6.84. The van der Waals surface area contributed by atoms with Crippen molar-refractivity contribution in [2.75, 3.05) is 18.0 Å². The molecule has 29 heavy (non-hydrogen) atoms. The lowest BCUT2D eigenvalue weighted by Gasteiger charge is -2.31. The van der Waals surface area contributed by atoms with Crippen LogP contribution >= 0.6 is 46.1 Å². The Labute approximate surface area is 189 Å². The van der Waals surface area contributed by atoms with Crippen LogP contribution in [0.25, 0.3) is 11.3 Å². The number of aromatic nitrogens is 1. The number of halogens is 3. The highest BCUT2D eigenvalue weighted by Gasteiger charge is 2.32. The smallest absolute Gasteiger partial charge is 0.185 e. The Bertz CT molecular complexity index is 1140. The third-order valence-corrected chi connectivity index (χ3v) is 8.92. The van der Waals surface area contributed by atoms with Crippen LogP contribution in [0.15, 0.2) is 52.7 Å². The van der Waals surface area contributed by atoms with E-state index in [0.29, 0.717) is 41.0 Å². The molecule has 0 radical (unpaired) electrons. The maximum Gasteiger partial charge on any atom is 0.185 e. The number of hydrogen-bond donors (Lipinski definition) is 0. The van der Waals surface area contributed by atoms with E-state index in [1.807, 2.05) is 11.4 Å². The van der Waals surface area contributed by atoms with Gasteiger partial charge in [-0.2, -0.15) is 0 Å². The highest BCUT2D eigenvalue weighted by molar-refractivity contribution is 7.92. The van der Waals surface area contributed by atoms with Crippen molar-refractivity contribution in [3.05, 3.63) is 62.9 Å². The molecule has 0 N–H and O–H groups in total. The zero-order chi connectivity index (χ0) is 20.6. The lowest BCUT2D eigenvalue weighted by atomic mass is 10.1. The minimum atomic E-state index is -3.40. The largest absolute Gasteiger partial charge is 0.348 e. The highest BCUT2D eigenvalue weighted by atomic mass is 35.5. The van der Waals surface area contributed by atoms with Gasteiger partial charge in [-0.1, -0.05) is 40.9 Å². The van der Waals surface area contributed by atoms with Crippen molar-refractivity contribution in [2.24, 2.45) is 0 Å². The Kier molecular flexibility index (Phi) is 6.09. The van der Waals surface area contributed by atoms with Crippen LogP contribution in [-0.4, -0.2) is 31.7 Å². The van der Waals surface area contributed by atoms with Gasteiger partial charge in [0.1, 0.15) is 0 Å². The normalized spacial score (nSPS) is 15.6. The van der Waals surface area contributed by atoms with E-state index >= 15 is 0 Å². The molecular weight excluding hydrogens is 471 g/mol. The molecular formula is C20H17Cl3N2O2S2. The van der Waals surface area contributed by atoms with Crippen LogP contribution < -0.4 is 4.90 Å². The van der Waals surface area contributed by atoms with Gasteiger partial charge in [0, 0.05) is 34.1 Å². The molecule has 9 heteroatoms. The molecule has 1 aromatic heterocycles. The highest BCUT2D eigenvalue weighted by Crippen LogP contribution is 2.35. The summed E-state index contributed by atoms with van der Waals surface area (Å²) in [4.78, 5) is 7.12. The van der Waals surface area contributed by atoms with Crippen LogP contribution in [0.2, 0.25) is 15.1 Å². The molecule has 3 aromatic rings. The van der Waals surface area contributed by atoms with Gasteiger partial charge in [0.05, 0.1) is 20.9 Å². The molecule has 1 aliphatic rings. The molecule has 0 amide bonds. The second-order valence-corrected chi connectivity index (χ2v) is 11.2. The number of benzene rings is 2. The van der Waals surface area contributed by atoms with Crippen molar-refractivity contribution in [1.82, 2.24) is 4.98 Å². The molecule has 2 aromatic carbocycles. The molecule has 1 saturated heterocycles. The SMILES string of the molecule is O=S(=O)(c1cccc(Cl)c1)C1CCN(c2nc(-c3ccc(Cl)cc3Cl)cs2)CC1.